The Kier molecular flexibility index (Phi) is 3.36. The summed E-state index contributed by atoms with van der Waals surface area (Å²) in [5.74, 6) is -0.929. The van der Waals surface area contributed by atoms with Gasteiger partial charge in [-0.15, -0.1) is 0 Å². The highest BCUT2D eigenvalue weighted by molar-refractivity contribution is 6.50. The molecular formula is C19H14O2. The van der Waals surface area contributed by atoms with E-state index in [4.69, 9.17) is 0 Å². The molecule has 0 saturated heterocycles. The van der Waals surface area contributed by atoms with Crippen molar-refractivity contribution in [3.63, 3.8) is 0 Å². The van der Waals surface area contributed by atoms with Gasteiger partial charge in [-0.05, 0) is 29.3 Å². The standard InChI is InChI=1S/C19H14O2/c1-13-11-12-17(16-10-6-5-9-15(13)16)19(21)18(20)14-7-3-2-4-8-14/h2-12H,1H3. The highest BCUT2D eigenvalue weighted by Gasteiger charge is 2.20. The average molecular weight is 274 g/mol. The molecule has 0 aliphatic rings. The number of hydrogen-bond donors (Lipinski definition) is 0. The Morgan fingerprint density at radius 3 is 2.00 bits per heavy atom. The lowest BCUT2D eigenvalue weighted by Crippen LogP contribution is -2.14. The molecule has 0 spiro atoms. The van der Waals surface area contributed by atoms with Crippen LogP contribution in [0.25, 0.3) is 10.8 Å². The largest absolute Gasteiger partial charge is 0.285 e. The summed E-state index contributed by atoms with van der Waals surface area (Å²) in [6.45, 7) is 2.00. The summed E-state index contributed by atoms with van der Waals surface area (Å²) in [7, 11) is 0. The molecule has 3 rings (SSSR count). The van der Waals surface area contributed by atoms with E-state index in [9.17, 15) is 9.59 Å². The first kappa shape index (κ1) is 13.3. The van der Waals surface area contributed by atoms with E-state index >= 15 is 0 Å². The van der Waals surface area contributed by atoms with E-state index in [2.05, 4.69) is 0 Å². The number of carbonyl (C=O) groups is 2. The second-order valence-electron chi connectivity index (χ2n) is 5.00. The van der Waals surface area contributed by atoms with Crippen LogP contribution in [-0.4, -0.2) is 11.6 Å². The number of rotatable bonds is 3. The van der Waals surface area contributed by atoms with Crippen LogP contribution >= 0.6 is 0 Å². The fourth-order valence-corrected chi connectivity index (χ4v) is 2.49. The third-order valence-corrected chi connectivity index (χ3v) is 3.63. The molecule has 2 nitrogen and oxygen atoms in total. The quantitative estimate of drug-likeness (QED) is 0.529. The third-order valence-electron chi connectivity index (χ3n) is 3.63. The van der Waals surface area contributed by atoms with Crippen LogP contribution in [0.5, 0.6) is 0 Å². The van der Waals surface area contributed by atoms with Crippen molar-refractivity contribution in [2.75, 3.05) is 0 Å². The lowest BCUT2D eigenvalue weighted by atomic mass is 9.94. The molecule has 0 unspecified atom stereocenters. The number of hydrogen-bond acceptors (Lipinski definition) is 2. The summed E-state index contributed by atoms with van der Waals surface area (Å²) < 4.78 is 0. The molecule has 0 amide bonds. The highest BCUT2D eigenvalue weighted by atomic mass is 16.2. The van der Waals surface area contributed by atoms with Gasteiger partial charge in [0.25, 0.3) is 0 Å². The predicted octanol–water partition coefficient (Wildman–Crippen LogP) is 4.21. The minimum Gasteiger partial charge on any atom is -0.285 e. The summed E-state index contributed by atoms with van der Waals surface area (Å²) in [6, 6.07) is 19.9. The van der Waals surface area contributed by atoms with E-state index in [1.165, 1.54) is 0 Å². The van der Waals surface area contributed by atoms with Gasteiger partial charge in [-0.1, -0.05) is 60.7 Å². The zero-order valence-corrected chi connectivity index (χ0v) is 11.7. The maximum Gasteiger partial charge on any atom is 0.234 e. The molecular weight excluding hydrogens is 260 g/mol. The first-order valence-corrected chi connectivity index (χ1v) is 6.81. The van der Waals surface area contributed by atoms with Gasteiger partial charge in [0.1, 0.15) is 0 Å². The lowest BCUT2D eigenvalue weighted by molar-refractivity contribution is 0.0818. The van der Waals surface area contributed by atoms with Crippen LogP contribution < -0.4 is 0 Å². The number of fused-ring (bicyclic) bond motifs is 1. The molecule has 102 valence electrons. The Labute approximate surface area is 123 Å². The highest BCUT2D eigenvalue weighted by Crippen LogP contribution is 2.23. The fourth-order valence-electron chi connectivity index (χ4n) is 2.49. The second-order valence-corrected chi connectivity index (χ2v) is 5.00. The molecule has 0 heterocycles. The van der Waals surface area contributed by atoms with Crippen molar-refractivity contribution in [1.82, 2.24) is 0 Å². The molecule has 0 bridgehead atoms. The summed E-state index contributed by atoms with van der Waals surface area (Å²) in [5, 5.41) is 1.83. The number of carbonyl (C=O) groups excluding carboxylic acids is 2. The zero-order valence-electron chi connectivity index (χ0n) is 11.7. The monoisotopic (exact) mass is 274 g/mol. The van der Waals surface area contributed by atoms with Gasteiger partial charge in [0.15, 0.2) is 0 Å². The van der Waals surface area contributed by atoms with Crippen LogP contribution in [0.4, 0.5) is 0 Å². The molecule has 21 heavy (non-hydrogen) atoms. The van der Waals surface area contributed by atoms with Crippen molar-refractivity contribution in [1.29, 1.82) is 0 Å². The van der Waals surface area contributed by atoms with E-state index in [1.54, 1.807) is 30.3 Å². The molecule has 0 N–H and O–H groups in total. The Bertz CT molecular complexity index is 833. The van der Waals surface area contributed by atoms with Crippen molar-refractivity contribution in [3.8, 4) is 0 Å². The van der Waals surface area contributed by atoms with Gasteiger partial charge < -0.3 is 0 Å². The normalized spacial score (nSPS) is 10.5. The van der Waals surface area contributed by atoms with Gasteiger partial charge in [-0.25, -0.2) is 0 Å². The minimum atomic E-state index is -0.468. The van der Waals surface area contributed by atoms with Crippen LogP contribution in [0.3, 0.4) is 0 Å². The van der Waals surface area contributed by atoms with Crippen molar-refractivity contribution < 1.29 is 9.59 Å². The van der Waals surface area contributed by atoms with Crippen LogP contribution in [0, 0.1) is 6.92 Å². The van der Waals surface area contributed by atoms with Gasteiger partial charge >= 0.3 is 0 Å². The number of benzene rings is 3. The second kappa shape index (κ2) is 5.33. The zero-order chi connectivity index (χ0) is 14.8. The van der Waals surface area contributed by atoms with E-state index in [0.29, 0.717) is 11.1 Å². The molecule has 0 aliphatic heterocycles. The maximum absolute atomic E-state index is 12.5. The van der Waals surface area contributed by atoms with Gasteiger partial charge in [0, 0.05) is 11.1 Å². The smallest absolute Gasteiger partial charge is 0.234 e. The minimum absolute atomic E-state index is 0.423. The SMILES string of the molecule is Cc1ccc(C(=O)C(=O)c2ccccc2)c2ccccc12. The number of aryl methyl sites for hydroxylation is 1. The average Bonchev–Trinajstić information content (AvgIpc) is 2.55. The summed E-state index contributed by atoms with van der Waals surface area (Å²) in [6.07, 6.45) is 0. The van der Waals surface area contributed by atoms with E-state index in [0.717, 1.165) is 16.3 Å². The van der Waals surface area contributed by atoms with Crippen LogP contribution in [-0.2, 0) is 0 Å². The Morgan fingerprint density at radius 2 is 1.29 bits per heavy atom. The third kappa shape index (κ3) is 2.36. The van der Waals surface area contributed by atoms with Gasteiger partial charge in [0.2, 0.25) is 11.6 Å². The van der Waals surface area contributed by atoms with E-state index in [-0.39, 0.29) is 0 Å². The number of Topliss-reactive ketones (excluding diaryl/α,β-unsaturated/α-hetero) is 2. The summed E-state index contributed by atoms with van der Waals surface area (Å²) in [5.41, 5.74) is 1.98. The Morgan fingerprint density at radius 1 is 0.667 bits per heavy atom. The molecule has 0 atom stereocenters. The van der Waals surface area contributed by atoms with Gasteiger partial charge in [-0.3, -0.25) is 9.59 Å². The summed E-state index contributed by atoms with van der Waals surface area (Å²) in [4.78, 5) is 24.8. The van der Waals surface area contributed by atoms with Crippen molar-refractivity contribution in [3.05, 3.63) is 83.4 Å². The molecule has 3 aromatic rings. The van der Waals surface area contributed by atoms with Gasteiger partial charge in [0.05, 0.1) is 0 Å². The van der Waals surface area contributed by atoms with Gasteiger partial charge in [-0.2, -0.15) is 0 Å². The molecule has 0 aliphatic carbocycles. The Balaban J connectivity index is 2.11. The molecule has 0 aromatic heterocycles. The predicted molar refractivity (Wildman–Crippen MR) is 83.8 cm³/mol. The first-order valence-electron chi connectivity index (χ1n) is 6.81. The van der Waals surface area contributed by atoms with Crippen LogP contribution in [0.2, 0.25) is 0 Å². The fraction of sp³-hybridized carbons (Fsp3) is 0.0526. The molecule has 2 heteroatoms. The molecule has 0 fully saturated rings. The van der Waals surface area contributed by atoms with Crippen molar-refractivity contribution in [2.24, 2.45) is 0 Å². The maximum atomic E-state index is 12.5. The number of ketones is 2. The lowest BCUT2D eigenvalue weighted by Gasteiger charge is -2.07. The van der Waals surface area contributed by atoms with E-state index in [1.807, 2.05) is 43.3 Å². The molecule has 0 saturated carbocycles. The van der Waals surface area contributed by atoms with Crippen molar-refractivity contribution in [2.45, 2.75) is 6.92 Å². The summed E-state index contributed by atoms with van der Waals surface area (Å²) >= 11 is 0. The molecule has 3 aromatic carbocycles. The van der Waals surface area contributed by atoms with Crippen LogP contribution in [0.15, 0.2) is 66.7 Å². The van der Waals surface area contributed by atoms with E-state index < -0.39 is 11.6 Å². The Hall–Kier alpha value is -2.74. The molecule has 0 radical (unpaired) electrons. The topological polar surface area (TPSA) is 34.1 Å². The van der Waals surface area contributed by atoms with Crippen molar-refractivity contribution >= 4 is 22.3 Å². The first-order chi connectivity index (χ1) is 10.2. The van der Waals surface area contributed by atoms with Crippen LogP contribution in [0.1, 0.15) is 26.3 Å².